The van der Waals surface area contributed by atoms with Gasteiger partial charge in [-0.2, -0.15) is 0 Å². The van der Waals surface area contributed by atoms with E-state index in [1.54, 1.807) is 0 Å². The van der Waals surface area contributed by atoms with Gasteiger partial charge < -0.3 is 10.6 Å². The summed E-state index contributed by atoms with van der Waals surface area (Å²) in [6, 6.07) is 0. The molecule has 0 bridgehead atoms. The number of likely N-dealkylation sites (N-methyl/N-ethyl adjacent to an activating group) is 1. The fourth-order valence-electron chi connectivity index (χ4n) is 1.10. The minimum absolute atomic E-state index is 1.02. The quantitative estimate of drug-likeness (QED) is 0.588. The van der Waals surface area contributed by atoms with Crippen molar-refractivity contribution in [3.05, 3.63) is 23.9 Å². The molecule has 1 aliphatic carbocycles. The molecule has 0 amide bonds. The van der Waals surface area contributed by atoms with Gasteiger partial charge in [-0.3, -0.25) is 0 Å². The molecule has 0 radical (unpaired) electrons. The van der Waals surface area contributed by atoms with Crippen molar-refractivity contribution >= 4 is 0 Å². The van der Waals surface area contributed by atoms with Gasteiger partial charge in [-0.15, -0.1) is 0 Å². The van der Waals surface area contributed by atoms with Gasteiger partial charge in [0.2, 0.25) is 0 Å². The molecule has 0 saturated carbocycles. The van der Waals surface area contributed by atoms with Gasteiger partial charge in [0.15, 0.2) is 0 Å². The second kappa shape index (κ2) is 4.97. The molecule has 0 saturated heterocycles. The van der Waals surface area contributed by atoms with E-state index < -0.39 is 0 Å². The molecular formula is C9H16N2. The fourth-order valence-corrected chi connectivity index (χ4v) is 1.10. The van der Waals surface area contributed by atoms with Crippen molar-refractivity contribution in [1.29, 1.82) is 0 Å². The number of hydrogen-bond acceptors (Lipinski definition) is 2. The first-order valence-electron chi connectivity index (χ1n) is 4.17. The number of hydrogen-bond donors (Lipinski definition) is 2. The molecule has 2 heteroatoms. The van der Waals surface area contributed by atoms with E-state index in [1.807, 2.05) is 7.05 Å². The average Bonchev–Trinajstić information content (AvgIpc) is 2.07. The molecule has 0 aromatic heterocycles. The molecule has 0 aliphatic heterocycles. The van der Waals surface area contributed by atoms with Crippen molar-refractivity contribution in [1.82, 2.24) is 10.6 Å². The van der Waals surface area contributed by atoms with Crippen molar-refractivity contribution in [2.24, 2.45) is 0 Å². The molecule has 2 N–H and O–H groups in total. The van der Waals surface area contributed by atoms with Crippen LogP contribution in [0.4, 0.5) is 0 Å². The number of nitrogens with one attached hydrogen (secondary N) is 2. The predicted octanol–water partition coefficient (Wildman–Crippen LogP) is 1.03. The summed E-state index contributed by atoms with van der Waals surface area (Å²) in [5.74, 6) is 0. The summed E-state index contributed by atoms with van der Waals surface area (Å²) < 4.78 is 0. The van der Waals surface area contributed by atoms with Crippen LogP contribution in [-0.4, -0.2) is 20.1 Å². The summed E-state index contributed by atoms with van der Waals surface area (Å²) >= 11 is 0. The largest absolute Gasteiger partial charge is 0.387 e. The van der Waals surface area contributed by atoms with Crippen LogP contribution in [0.25, 0.3) is 0 Å². The second-order valence-corrected chi connectivity index (χ2v) is 2.69. The summed E-state index contributed by atoms with van der Waals surface area (Å²) in [5, 5.41) is 6.47. The Balaban J connectivity index is 2.15. The van der Waals surface area contributed by atoms with E-state index in [0.717, 1.165) is 13.1 Å². The minimum Gasteiger partial charge on any atom is -0.387 e. The van der Waals surface area contributed by atoms with Crippen LogP contribution < -0.4 is 10.6 Å². The van der Waals surface area contributed by atoms with Gasteiger partial charge in [0, 0.05) is 18.8 Å². The highest BCUT2D eigenvalue weighted by atomic mass is 14.9. The van der Waals surface area contributed by atoms with Gasteiger partial charge in [0.25, 0.3) is 0 Å². The molecule has 0 aromatic rings. The molecule has 1 rings (SSSR count). The average molecular weight is 152 g/mol. The summed E-state index contributed by atoms with van der Waals surface area (Å²) in [4.78, 5) is 0. The normalized spacial score (nSPS) is 16.3. The molecule has 0 spiro atoms. The first kappa shape index (κ1) is 8.34. The number of rotatable bonds is 4. The van der Waals surface area contributed by atoms with Crippen LogP contribution >= 0.6 is 0 Å². The Morgan fingerprint density at radius 3 is 3.00 bits per heavy atom. The molecule has 0 fully saturated rings. The first-order chi connectivity index (χ1) is 5.43. The monoisotopic (exact) mass is 152 g/mol. The molecule has 0 atom stereocenters. The Morgan fingerprint density at radius 2 is 2.36 bits per heavy atom. The van der Waals surface area contributed by atoms with E-state index in [1.165, 1.54) is 18.5 Å². The molecule has 0 aromatic carbocycles. The standard InChI is InChI=1S/C9H16N2/c1-10-7-8-11-9-5-3-2-4-6-9/h2-3,5,10-11H,4,6-8H2,1H3. The lowest BCUT2D eigenvalue weighted by molar-refractivity contribution is 0.690. The smallest absolute Gasteiger partial charge is 0.0269 e. The van der Waals surface area contributed by atoms with Crippen LogP contribution in [0.2, 0.25) is 0 Å². The van der Waals surface area contributed by atoms with Crippen LogP contribution in [0, 0.1) is 0 Å². The van der Waals surface area contributed by atoms with Crippen LogP contribution in [0.5, 0.6) is 0 Å². The lowest BCUT2D eigenvalue weighted by Gasteiger charge is -2.11. The second-order valence-electron chi connectivity index (χ2n) is 2.69. The zero-order valence-electron chi connectivity index (χ0n) is 7.06. The summed E-state index contributed by atoms with van der Waals surface area (Å²) in [6.07, 6.45) is 8.81. The van der Waals surface area contributed by atoms with Crippen LogP contribution in [0.15, 0.2) is 23.9 Å². The zero-order chi connectivity index (χ0) is 7.94. The molecule has 11 heavy (non-hydrogen) atoms. The van der Waals surface area contributed by atoms with E-state index in [9.17, 15) is 0 Å². The minimum atomic E-state index is 1.02. The Bertz CT molecular complexity index is 159. The van der Waals surface area contributed by atoms with Gasteiger partial charge in [-0.25, -0.2) is 0 Å². The van der Waals surface area contributed by atoms with Crippen molar-refractivity contribution < 1.29 is 0 Å². The third-order valence-corrected chi connectivity index (χ3v) is 1.74. The summed E-state index contributed by atoms with van der Waals surface area (Å²) in [6.45, 7) is 2.05. The highest BCUT2D eigenvalue weighted by molar-refractivity contribution is 5.15. The van der Waals surface area contributed by atoms with E-state index in [4.69, 9.17) is 0 Å². The van der Waals surface area contributed by atoms with Gasteiger partial charge in [-0.1, -0.05) is 12.2 Å². The van der Waals surface area contributed by atoms with Crippen LogP contribution in [0.1, 0.15) is 12.8 Å². The lowest BCUT2D eigenvalue weighted by Crippen LogP contribution is -2.24. The van der Waals surface area contributed by atoms with Gasteiger partial charge in [0.1, 0.15) is 0 Å². The van der Waals surface area contributed by atoms with E-state index in [2.05, 4.69) is 28.9 Å². The van der Waals surface area contributed by atoms with Crippen LogP contribution in [0.3, 0.4) is 0 Å². The molecule has 2 nitrogen and oxygen atoms in total. The van der Waals surface area contributed by atoms with E-state index >= 15 is 0 Å². The van der Waals surface area contributed by atoms with Gasteiger partial charge in [0.05, 0.1) is 0 Å². The highest BCUT2D eigenvalue weighted by Crippen LogP contribution is 2.07. The molecule has 62 valence electrons. The molecule has 0 heterocycles. The fraction of sp³-hybridized carbons (Fsp3) is 0.556. The van der Waals surface area contributed by atoms with E-state index in [-0.39, 0.29) is 0 Å². The van der Waals surface area contributed by atoms with Crippen molar-refractivity contribution in [2.75, 3.05) is 20.1 Å². The van der Waals surface area contributed by atoms with E-state index in [0.29, 0.717) is 0 Å². The Labute approximate surface area is 68.4 Å². The maximum absolute atomic E-state index is 3.37. The SMILES string of the molecule is CNCCNC1=CC=CCC1. The molecule has 0 unspecified atom stereocenters. The third kappa shape index (κ3) is 3.23. The zero-order valence-corrected chi connectivity index (χ0v) is 7.06. The predicted molar refractivity (Wildman–Crippen MR) is 48.4 cm³/mol. The highest BCUT2D eigenvalue weighted by Gasteiger charge is 1.96. The van der Waals surface area contributed by atoms with Crippen molar-refractivity contribution in [3.63, 3.8) is 0 Å². The van der Waals surface area contributed by atoms with Crippen molar-refractivity contribution in [2.45, 2.75) is 12.8 Å². The molecule has 1 aliphatic rings. The van der Waals surface area contributed by atoms with Crippen molar-refractivity contribution in [3.8, 4) is 0 Å². The maximum Gasteiger partial charge on any atom is 0.0269 e. The van der Waals surface area contributed by atoms with Crippen LogP contribution in [-0.2, 0) is 0 Å². The first-order valence-corrected chi connectivity index (χ1v) is 4.17. The summed E-state index contributed by atoms with van der Waals surface area (Å²) in [5.41, 5.74) is 1.36. The molecular weight excluding hydrogens is 136 g/mol. The Morgan fingerprint density at radius 1 is 1.45 bits per heavy atom. The lowest BCUT2D eigenvalue weighted by atomic mass is 10.1. The Hall–Kier alpha value is -0.760. The number of allylic oxidation sites excluding steroid dienone is 4. The Kier molecular flexibility index (Phi) is 3.76. The van der Waals surface area contributed by atoms with Gasteiger partial charge in [-0.05, 0) is 26.0 Å². The maximum atomic E-state index is 3.37. The summed E-state index contributed by atoms with van der Waals surface area (Å²) in [7, 11) is 1.97. The third-order valence-electron chi connectivity index (χ3n) is 1.74. The topological polar surface area (TPSA) is 24.1 Å². The van der Waals surface area contributed by atoms with Gasteiger partial charge >= 0.3 is 0 Å².